The maximum Gasteiger partial charge on any atom is 0.0860 e. The number of benzene rings is 1. The molecule has 0 saturated heterocycles. The Morgan fingerprint density at radius 3 is 2.68 bits per heavy atom. The minimum Gasteiger partial charge on any atom is -0.321 e. The summed E-state index contributed by atoms with van der Waals surface area (Å²) in [6.07, 6.45) is 7.66. The number of hydrogen-bond donors (Lipinski definition) is 1. The summed E-state index contributed by atoms with van der Waals surface area (Å²) >= 11 is 0. The standard InChI is InChI=1S/C15H20N4/c1-12-11-17-19(18-12)14-7-5-6-13(10-14)15(16)8-3-2-4-9-15/h5-7,10-11H,2-4,8-9,16H2,1H3. The van der Waals surface area contributed by atoms with Crippen LogP contribution < -0.4 is 5.73 Å². The van der Waals surface area contributed by atoms with Gasteiger partial charge in [0.1, 0.15) is 0 Å². The Kier molecular flexibility index (Phi) is 3.11. The summed E-state index contributed by atoms with van der Waals surface area (Å²) in [7, 11) is 0. The fourth-order valence-corrected chi connectivity index (χ4v) is 2.88. The molecule has 1 aliphatic carbocycles. The molecule has 1 heterocycles. The molecule has 3 rings (SSSR count). The second-order valence-corrected chi connectivity index (χ2v) is 5.54. The zero-order valence-corrected chi connectivity index (χ0v) is 11.3. The summed E-state index contributed by atoms with van der Waals surface area (Å²) < 4.78 is 0. The van der Waals surface area contributed by atoms with Crippen molar-refractivity contribution in [1.82, 2.24) is 15.0 Å². The van der Waals surface area contributed by atoms with Crippen LogP contribution in [0.15, 0.2) is 30.5 Å². The smallest absolute Gasteiger partial charge is 0.0860 e. The van der Waals surface area contributed by atoms with Crippen LogP contribution in [0, 0.1) is 6.92 Å². The molecule has 0 unspecified atom stereocenters. The first-order chi connectivity index (χ1) is 9.17. The fraction of sp³-hybridized carbons (Fsp3) is 0.467. The van der Waals surface area contributed by atoms with Crippen molar-refractivity contribution >= 4 is 0 Å². The lowest BCUT2D eigenvalue weighted by molar-refractivity contribution is 0.302. The molecule has 4 heteroatoms. The van der Waals surface area contributed by atoms with Crippen LogP contribution in [-0.4, -0.2) is 15.0 Å². The highest BCUT2D eigenvalue weighted by molar-refractivity contribution is 5.37. The van der Waals surface area contributed by atoms with Crippen LogP contribution in [0.2, 0.25) is 0 Å². The van der Waals surface area contributed by atoms with Gasteiger partial charge in [-0.15, -0.1) is 0 Å². The monoisotopic (exact) mass is 256 g/mol. The first kappa shape index (κ1) is 12.4. The highest BCUT2D eigenvalue weighted by atomic mass is 15.5. The van der Waals surface area contributed by atoms with Crippen molar-refractivity contribution in [1.29, 1.82) is 0 Å². The average Bonchev–Trinajstić information content (AvgIpc) is 2.87. The van der Waals surface area contributed by atoms with E-state index in [0.29, 0.717) is 0 Å². The average molecular weight is 256 g/mol. The molecule has 2 aromatic rings. The molecule has 1 aromatic carbocycles. The van der Waals surface area contributed by atoms with Crippen molar-refractivity contribution in [3.63, 3.8) is 0 Å². The topological polar surface area (TPSA) is 56.7 Å². The van der Waals surface area contributed by atoms with Crippen LogP contribution in [0.4, 0.5) is 0 Å². The van der Waals surface area contributed by atoms with Crippen molar-refractivity contribution in [2.24, 2.45) is 5.73 Å². The quantitative estimate of drug-likeness (QED) is 0.898. The van der Waals surface area contributed by atoms with Gasteiger partial charge in [0.05, 0.1) is 17.6 Å². The third-order valence-electron chi connectivity index (χ3n) is 4.00. The van der Waals surface area contributed by atoms with Gasteiger partial charge in [-0.2, -0.15) is 15.0 Å². The third-order valence-corrected chi connectivity index (χ3v) is 4.00. The Labute approximate surface area is 113 Å². The lowest BCUT2D eigenvalue weighted by Crippen LogP contribution is -2.38. The summed E-state index contributed by atoms with van der Waals surface area (Å²) in [4.78, 5) is 1.67. The molecule has 0 spiro atoms. The minimum atomic E-state index is -0.170. The van der Waals surface area contributed by atoms with E-state index in [0.717, 1.165) is 24.2 Å². The van der Waals surface area contributed by atoms with Gasteiger partial charge in [-0.25, -0.2) is 0 Å². The van der Waals surface area contributed by atoms with Crippen molar-refractivity contribution in [3.05, 3.63) is 41.7 Å². The van der Waals surface area contributed by atoms with E-state index in [1.54, 1.807) is 11.0 Å². The summed E-state index contributed by atoms with van der Waals surface area (Å²) in [5, 5.41) is 8.61. The predicted molar refractivity (Wildman–Crippen MR) is 75.0 cm³/mol. The van der Waals surface area contributed by atoms with Crippen molar-refractivity contribution in [2.45, 2.75) is 44.6 Å². The maximum atomic E-state index is 6.58. The summed E-state index contributed by atoms with van der Waals surface area (Å²) in [5.41, 5.74) is 9.53. The Bertz CT molecular complexity index is 567. The highest BCUT2D eigenvalue weighted by Crippen LogP contribution is 2.35. The summed E-state index contributed by atoms with van der Waals surface area (Å²) in [5.74, 6) is 0. The number of aryl methyl sites for hydroxylation is 1. The van der Waals surface area contributed by atoms with Crippen LogP contribution in [-0.2, 0) is 5.54 Å². The van der Waals surface area contributed by atoms with Gasteiger partial charge in [0.15, 0.2) is 0 Å². The highest BCUT2D eigenvalue weighted by Gasteiger charge is 2.29. The summed E-state index contributed by atoms with van der Waals surface area (Å²) in [6.45, 7) is 1.94. The second kappa shape index (κ2) is 4.78. The molecule has 1 saturated carbocycles. The zero-order valence-electron chi connectivity index (χ0n) is 11.3. The molecule has 0 atom stereocenters. The van der Waals surface area contributed by atoms with Gasteiger partial charge in [-0.1, -0.05) is 31.4 Å². The Morgan fingerprint density at radius 1 is 1.21 bits per heavy atom. The maximum absolute atomic E-state index is 6.58. The van der Waals surface area contributed by atoms with E-state index in [9.17, 15) is 0 Å². The summed E-state index contributed by atoms with van der Waals surface area (Å²) in [6, 6.07) is 8.33. The molecule has 19 heavy (non-hydrogen) atoms. The van der Waals surface area contributed by atoms with Gasteiger partial charge < -0.3 is 5.73 Å². The molecule has 0 aliphatic heterocycles. The van der Waals surface area contributed by atoms with Crippen molar-refractivity contribution in [3.8, 4) is 5.69 Å². The molecule has 0 radical (unpaired) electrons. The fourth-order valence-electron chi connectivity index (χ4n) is 2.88. The number of nitrogens with two attached hydrogens (primary N) is 1. The predicted octanol–water partition coefficient (Wildman–Crippen LogP) is 2.69. The Morgan fingerprint density at radius 2 is 2.00 bits per heavy atom. The zero-order chi connectivity index (χ0) is 13.3. The Balaban J connectivity index is 1.95. The van der Waals surface area contributed by atoms with E-state index in [1.165, 1.54) is 24.8 Å². The molecule has 1 aliphatic rings. The van der Waals surface area contributed by atoms with Gasteiger partial charge in [0.2, 0.25) is 0 Å². The number of rotatable bonds is 2. The third kappa shape index (κ3) is 2.40. The SMILES string of the molecule is Cc1cnn(-c2cccc(C3(N)CCCCC3)c2)n1. The second-order valence-electron chi connectivity index (χ2n) is 5.54. The van der Waals surface area contributed by atoms with Gasteiger partial charge in [-0.05, 0) is 37.5 Å². The van der Waals surface area contributed by atoms with E-state index >= 15 is 0 Å². The van der Waals surface area contributed by atoms with Crippen molar-refractivity contribution in [2.75, 3.05) is 0 Å². The molecular formula is C15H20N4. The van der Waals surface area contributed by atoms with E-state index in [2.05, 4.69) is 22.3 Å². The lowest BCUT2D eigenvalue weighted by atomic mass is 9.77. The van der Waals surface area contributed by atoms with E-state index < -0.39 is 0 Å². The van der Waals surface area contributed by atoms with Crippen LogP contribution in [0.1, 0.15) is 43.4 Å². The van der Waals surface area contributed by atoms with E-state index in [1.807, 2.05) is 19.1 Å². The molecule has 2 N–H and O–H groups in total. The largest absolute Gasteiger partial charge is 0.321 e. The number of aromatic nitrogens is 3. The van der Waals surface area contributed by atoms with E-state index in [-0.39, 0.29) is 5.54 Å². The van der Waals surface area contributed by atoms with Gasteiger partial charge in [0.25, 0.3) is 0 Å². The van der Waals surface area contributed by atoms with Crippen LogP contribution in [0.25, 0.3) is 5.69 Å². The number of nitrogens with zero attached hydrogens (tertiary/aromatic N) is 3. The van der Waals surface area contributed by atoms with E-state index in [4.69, 9.17) is 5.73 Å². The molecule has 4 nitrogen and oxygen atoms in total. The molecule has 0 amide bonds. The normalized spacial score (nSPS) is 18.4. The molecule has 0 bridgehead atoms. The van der Waals surface area contributed by atoms with Gasteiger partial charge >= 0.3 is 0 Å². The number of hydrogen-bond acceptors (Lipinski definition) is 3. The van der Waals surface area contributed by atoms with Gasteiger partial charge in [-0.3, -0.25) is 0 Å². The first-order valence-corrected chi connectivity index (χ1v) is 6.96. The van der Waals surface area contributed by atoms with Crippen molar-refractivity contribution < 1.29 is 0 Å². The lowest BCUT2D eigenvalue weighted by Gasteiger charge is -2.34. The first-order valence-electron chi connectivity index (χ1n) is 6.96. The van der Waals surface area contributed by atoms with Crippen LogP contribution >= 0.6 is 0 Å². The van der Waals surface area contributed by atoms with Gasteiger partial charge in [0, 0.05) is 5.54 Å². The minimum absolute atomic E-state index is 0.170. The van der Waals surface area contributed by atoms with Crippen LogP contribution in [0.3, 0.4) is 0 Å². The molecular weight excluding hydrogens is 236 g/mol. The Hall–Kier alpha value is -1.68. The molecule has 1 fully saturated rings. The molecule has 100 valence electrons. The van der Waals surface area contributed by atoms with Crippen LogP contribution in [0.5, 0.6) is 0 Å². The molecule has 1 aromatic heterocycles.